The van der Waals surface area contributed by atoms with Crippen LogP contribution in [0, 0.1) is 11.8 Å². The lowest BCUT2D eigenvalue weighted by Gasteiger charge is -2.32. The molecule has 1 aromatic rings. The van der Waals surface area contributed by atoms with E-state index in [4.69, 9.17) is 4.74 Å². The lowest BCUT2D eigenvalue weighted by molar-refractivity contribution is -0.125. The number of anilines is 1. The van der Waals surface area contributed by atoms with Gasteiger partial charge in [0.2, 0.25) is 0 Å². The van der Waals surface area contributed by atoms with Gasteiger partial charge in [-0.05, 0) is 37.3 Å². The SMILES string of the molecule is CC1CCC(=O)C(CN2CCCOc3ccccc32)C1. The first-order valence-corrected chi connectivity index (χ1v) is 7.73. The number of para-hydroxylation sites is 2. The van der Waals surface area contributed by atoms with Gasteiger partial charge in [0.25, 0.3) is 0 Å². The van der Waals surface area contributed by atoms with Crippen molar-refractivity contribution in [2.45, 2.75) is 32.6 Å². The van der Waals surface area contributed by atoms with E-state index in [1.807, 2.05) is 18.2 Å². The Labute approximate surface area is 120 Å². The van der Waals surface area contributed by atoms with Crippen LogP contribution < -0.4 is 9.64 Å². The van der Waals surface area contributed by atoms with Crippen LogP contribution in [0.4, 0.5) is 5.69 Å². The molecule has 1 saturated carbocycles. The number of nitrogens with zero attached hydrogens (tertiary/aromatic N) is 1. The Morgan fingerprint density at radius 1 is 1.35 bits per heavy atom. The molecule has 0 N–H and O–H groups in total. The molecule has 1 aliphatic carbocycles. The average molecular weight is 273 g/mol. The molecular weight excluding hydrogens is 250 g/mol. The molecule has 3 rings (SSSR count). The standard InChI is InChI=1S/C17H23NO2/c1-13-7-8-16(19)14(11-13)12-18-9-4-10-20-17-6-3-2-5-15(17)18/h2-3,5-6,13-14H,4,7-12H2,1H3. The summed E-state index contributed by atoms with van der Waals surface area (Å²) in [6.45, 7) is 4.86. The van der Waals surface area contributed by atoms with E-state index in [-0.39, 0.29) is 5.92 Å². The van der Waals surface area contributed by atoms with Gasteiger partial charge in [0, 0.05) is 25.4 Å². The first kappa shape index (κ1) is 13.5. The topological polar surface area (TPSA) is 29.5 Å². The van der Waals surface area contributed by atoms with Crippen LogP contribution in [0.15, 0.2) is 24.3 Å². The number of hydrogen-bond donors (Lipinski definition) is 0. The zero-order chi connectivity index (χ0) is 13.9. The van der Waals surface area contributed by atoms with Crippen molar-refractivity contribution in [3.05, 3.63) is 24.3 Å². The first-order chi connectivity index (χ1) is 9.74. The molecule has 2 unspecified atom stereocenters. The number of Topliss-reactive ketones (excluding diaryl/α,β-unsaturated/α-hetero) is 1. The first-order valence-electron chi connectivity index (χ1n) is 7.73. The van der Waals surface area contributed by atoms with Crippen LogP contribution in [-0.4, -0.2) is 25.5 Å². The fraction of sp³-hybridized carbons (Fsp3) is 0.588. The summed E-state index contributed by atoms with van der Waals surface area (Å²) in [5.74, 6) is 2.29. The second-order valence-electron chi connectivity index (χ2n) is 6.16. The van der Waals surface area contributed by atoms with E-state index < -0.39 is 0 Å². The second-order valence-corrected chi connectivity index (χ2v) is 6.16. The molecule has 0 saturated heterocycles. The van der Waals surface area contributed by atoms with Gasteiger partial charge in [-0.2, -0.15) is 0 Å². The zero-order valence-electron chi connectivity index (χ0n) is 12.2. The Balaban J connectivity index is 1.78. The van der Waals surface area contributed by atoms with Crippen LogP contribution in [-0.2, 0) is 4.79 Å². The lowest BCUT2D eigenvalue weighted by Crippen LogP contribution is -2.36. The quantitative estimate of drug-likeness (QED) is 0.828. The minimum absolute atomic E-state index is 0.199. The van der Waals surface area contributed by atoms with Crippen LogP contribution in [0.1, 0.15) is 32.6 Å². The fourth-order valence-electron chi connectivity index (χ4n) is 3.36. The highest BCUT2D eigenvalue weighted by atomic mass is 16.5. The third-order valence-corrected chi connectivity index (χ3v) is 4.50. The largest absolute Gasteiger partial charge is 0.491 e. The summed E-state index contributed by atoms with van der Waals surface area (Å²) in [6, 6.07) is 8.19. The van der Waals surface area contributed by atoms with Gasteiger partial charge in [0.1, 0.15) is 11.5 Å². The lowest BCUT2D eigenvalue weighted by atomic mass is 9.81. The van der Waals surface area contributed by atoms with Crippen LogP contribution in [0.2, 0.25) is 0 Å². The van der Waals surface area contributed by atoms with E-state index in [9.17, 15) is 4.79 Å². The molecular formula is C17H23NO2. The van der Waals surface area contributed by atoms with E-state index in [0.717, 1.165) is 56.8 Å². The molecule has 0 aromatic heterocycles. The summed E-state index contributed by atoms with van der Waals surface area (Å²) in [4.78, 5) is 14.5. The highest BCUT2D eigenvalue weighted by molar-refractivity contribution is 5.82. The molecule has 2 atom stereocenters. The molecule has 0 spiro atoms. The van der Waals surface area contributed by atoms with E-state index >= 15 is 0 Å². The third kappa shape index (κ3) is 2.82. The van der Waals surface area contributed by atoms with Crippen LogP contribution >= 0.6 is 0 Å². The Bertz CT molecular complexity index is 486. The molecule has 3 heteroatoms. The van der Waals surface area contributed by atoms with E-state index in [2.05, 4.69) is 17.9 Å². The van der Waals surface area contributed by atoms with Crippen molar-refractivity contribution < 1.29 is 9.53 Å². The van der Waals surface area contributed by atoms with E-state index in [1.54, 1.807) is 0 Å². The van der Waals surface area contributed by atoms with Gasteiger partial charge in [-0.3, -0.25) is 4.79 Å². The molecule has 20 heavy (non-hydrogen) atoms. The molecule has 108 valence electrons. The van der Waals surface area contributed by atoms with Crippen molar-refractivity contribution >= 4 is 11.5 Å². The molecule has 1 heterocycles. The monoisotopic (exact) mass is 273 g/mol. The highest BCUT2D eigenvalue weighted by Gasteiger charge is 2.29. The summed E-state index contributed by atoms with van der Waals surface area (Å²) in [7, 11) is 0. The normalized spacial score (nSPS) is 26.6. The smallest absolute Gasteiger partial charge is 0.142 e. The number of hydrogen-bond acceptors (Lipinski definition) is 3. The molecule has 0 radical (unpaired) electrons. The van der Waals surface area contributed by atoms with Crippen molar-refractivity contribution in [3.63, 3.8) is 0 Å². The second kappa shape index (κ2) is 5.86. The maximum Gasteiger partial charge on any atom is 0.142 e. The molecule has 1 fully saturated rings. The molecule has 0 amide bonds. The summed E-state index contributed by atoms with van der Waals surface area (Å²) in [6.07, 6.45) is 3.89. The maximum absolute atomic E-state index is 12.2. The maximum atomic E-state index is 12.2. The minimum Gasteiger partial charge on any atom is -0.491 e. The third-order valence-electron chi connectivity index (χ3n) is 4.50. The Morgan fingerprint density at radius 3 is 3.10 bits per heavy atom. The molecule has 1 aliphatic heterocycles. The zero-order valence-corrected chi connectivity index (χ0v) is 12.2. The summed E-state index contributed by atoms with van der Waals surface area (Å²) < 4.78 is 5.79. The Kier molecular flexibility index (Phi) is 3.95. The van der Waals surface area contributed by atoms with Crippen molar-refractivity contribution in [1.29, 1.82) is 0 Å². The van der Waals surface area contributed by atoms with Gasteiger partial charge < -0.3 is 9.64 Å². The van der Waals surface area contributed by atoms with Gasteiger partial charge in [0.15, 0.2) is 0 Å². The van der Waals surface area contributed by atoms with Crippen LogP contribution in [0.25, 0.3) is 0 Å². The molecule has 3 nitrogen and oxygen atoms in total. The van der Waals surface area contributed by atoms with Crippen LogP contribution in [0.3, 0.4) is 0 Å². The number of ether oxygens (including phenoxy) is 1. The number of rotatable bonds is 2. The van der Waals surface area contributed by atoms with Gasteiger partial charge in [0.05, 0.1) is 12.3 Å². The predicted octanol–water partition coefficient (Wildman–Crippen LogP) is 3.28. The van der Waals surface area contributed by atoms with Gasteiger partial charge >= 0.3 is 0 Å². The van der Waals surface area contributed by atoms with E-state index in [0.29, 0.717) is 11.7 Å². The summed E-state index contributed by atoms with van der Waals surface area (Å²) in [5, 5.41) is 0. The average Bonchev–Trinajstić information content (AvgIpc) is 2.66. The molecule has 2 aliphatic rings. The van der Waals surface area contributed by atoms with Crippen molar-refractivity contribution in [2.24, 2.45) is 11.8 Å². The highest BCUT2D eigenvalue weighted by Crippen LogP contribution is 2.33. The van der Waals surface area contributed by atoms with Gasteiger partial charge in [-0.25, -0.2) is 0 Å². The number of fused-ring (bicyclic) bond motifs is 1. The van der Waals surface area contributed by atoms with Gasteiger partial charge in [-0.15, -0.1) is 0 Å². The molecule has 0 bridgehead atoms. The number of benzene rings is 1. The molecule has 1 aromatic carbocycles. The van der Waals surface area contributed by atoms with Gasteiger partial charge in [-0.1, -0.05) is 19.1 Å². The van der Waals surface area contributed by atoms with Crippen molar-refractivity contribution in [1.82, 2.24) is 0 Å². The number of ketones is 1. The Morgan fingerprint density at radius 2 is 2.20 bits per heavy atom. The predicted molar refractivity (Wildman–Crippen MR) is 80.3 cm³/mol. The summed E-state index contributed by atoms with van der Waals surface area (Å²) >= 11 is 0. The van der Waals surface area contributed by atoms with Crippen LogP contribution in [0.5, 0.6) is 5.75 Å². The van der Waals surface area contributed by atoms with E-state index in [1.165, 1.54) is 0 Å². The number of carbonyl (C=O) groups excluding carboxylic acids is 1. The minimum atomic E-state index is 0.199. The van der Waals surface area contributed by atoms with Crippen molar-refractivity contribution in [2.75, 3.05) is 24.6 Å². The van der Waals surface area contributed by atoms with Crippen molar-refractivity contribution in [3.8, 4) is 5.75 Å². The number of carbonyl (C=O) groups is 1. The fourth-order valence-corrected chi connectivity index (χ4v) is 3.36. The Hall–Kier alpha value is -1.51. The summed E-state index contributed by atoms with van der Waals surface area (Å²) in [5.41, 5.74) is 1.15.